The molecule has 0 saturated heterocycles. The van der Waals surface area contributed by atoms with E-state index in [1.54, 1.807) is 5.38 Å². The predicted molar refractivity (Wildman–Crippen MR) is 73.6 cm³/mol. The summed E-state index contributed by atoms with van der Waals surface area (Å²) in [6.07, 6.45) is 0. The quantitative estimate of drug-likeness (QED) is 0.834. The molecule has 0 saturated carbocycles. The number of aryl methyl sites for hydroxylation is 1. The molecule has 0 bridgehead atoms. The number of thiazole rings is 1. The van der Waals surface area contributed by atoms with Gasteiger partial charge in [-0.1, -0.05) is 12.1 Å². The molecular weight excluding hydrogens is 246 g/mol. The fourth-order valence-corrected chi connectivity index (χ4v) is 2.20. The third kappa shape index (κ3) is 2.87. The lowest BCUT2D eigenvalue weighted by Gasteiger charge is -2.13. The Morgan fingerprint density at radius 2 is 2.06 bits per heavy atom. The van der Waals surface area contributed by atoms with E-state index in [4.69, 9.17) is 5.73 Å². The average Bonchev–Trinajstić information content (AvgIpc) is 2.76. The highest BCUT2D eigenvalue weighted by molar-refractivity contribution is 7.09. The third-order valence-electron chi connectivity index (χ3n) is 2.64. The highest BCUT2D eigenvalue weighted by atomic mass is 32.1. The molecule has 1 atom stereocenters. The van der Waals surface area contributed by atoms with Gasteiger partial charge in [0.05, 0.1) is 11.0 Å². The van der Waals surface area contributed by atoms with E-state index in [1.807, 2.05) is 38.1 Å². The van der Waals surface area contributed by atoms with E-state index in [-0.39, 0.29) is 11.9 Å². The van der Waals surface area contributed by atoms with E-state index in [0.29, 0.717) is 11.4 Å². The molecule has 0 spiro atoms. The van der Waals surface area contributed by atoms with Crippen LogP contribution in [0.5, 0.6) is 0 Å². The third-order valence-corrected chi connectivity index (χ3v) is 3.41. The summed E-state index contributed by atoms with van der Waals surface area (Å²) in [5.74, 6) is -0.149. The number of hydrogen-bond acceptors (Lipinski definition) is 4. The minimum absolute atomic E-state index is 0.0693. The number of hydrogen-bond donors (Lipinski definition) is 2. The molecule has 94 valence electrons. The number of nitrogens with two attached hydrogens (primary N) is 1. The molecule has 1 aromatic heterocycles. The maximum absolute atomic E-state index is 11.9. The van der Waals surface area contributed by atoms with Gasteiger partial charge in [0.25, 0.3) is 5.91 Å². The van der Waals surface area contributed by atoms with Crippen LogP contribution in [0.4, 0.5) is 5.69 Å². The van der Waals surface area contributed by atoms with Crippen LogP contribution < -0.4 is 11.1 Å². The second kappa shape index (κ2) is 5.18. The van der Waals surface area contributed by atoms with E-state index in [1.165, 1.54) is 11.3 Å². The zero-order valence-corrected chi connectivity index (χ0v) is 11.1. The van der Waals surface area contributed by atoms with Crippen molar-refractivity contribution in [2.24, 2.45) is 0 Å². The van der Waals surface area contributed by atoms with Crippen LogP contribution in [0.2, 0.25) is 0 Å². The minimum atomic E-state index is -0.149. The van der Waals surface area contributed by atoms with Crippen molar-refractivity contribution in [1.82, 2.24) is 10.3 Å². The fourth-order valence-electron chi connectivity index (χ4n) is 1.61. The molecule has 1 unspecified atom stereocenters. The predicted octanol–water partition coefficient (Wildman–Crippen LogP) is 2.52. The van der Waals surface area contributed by atoms with Gasteiger partial charge in [-0.3, -0.25) is 4.79 Å². The Balaban J connectivity index is 2.05. The normalized spacial score (nSPS) is 12.1. The molecule has 1 heterocycles. The molecule has 5 heteroatoms. The van der Waals surface area contributed by atoms with Crippen LogP contribution in [0, 0.1) is 6.92 Å². The van der Waals surface area contributed by atoms with Gasteiger partial charge in [-0.25, -0.2) is 4.98 Å². The molecule has 18 heavy (non-hydrogen) atoms. The van der Waals surface area contributed by atoms with Gasteiger partial charge in [0.1, 0.15) is 5.69 Å². The number of rotatable bonds is 3. The standard InChI is InChI=1S/C13H15N3OS/c1-8(10-3-5-11(14)6-4-10)15-13(17)12-7-18-9(2)16-12/h3-8H,14H2,1-2H3,(H,15,17). The number of benzene rings is 1. The van der Waals surface area contributed by atoms with Crippen LogP contribution in [0.25, 0.3) is 0 Å². The number of nitrogen functional groups attached to an aromatic ring is 1. The molecule has 0 radical (unpaired) electrons. The number of aromatic nitrogens is 1. The lowest BCUT2D eigenvalue weighted by atomic mass is 10.1. The smallest absolute Gasteiger partial charge is 0.271 e. The number of nitrogens with zero attached hydrogens (tertiary/aromatic N) is 1. The van der Waals surface area contributed by atoms with Gasteiger partial charge in [0.2, 0.25) is 0 Å². The number of amides is 1. The Bertz CT molecular complexity index is 548. The lowest BCUT2D eigenvalue weighted by molar-refractivity contribution is 0.0935. The first-order valence-corrected chi connectivity index (χ1v) is 6.52. The average molecular weight is 261 g/mol. The molecule has 3 N–H and O–H groups in total. The van der Waals surface area contributed by atoms with Gasteiger partial charge in [-0.05, 0) is 31.5 Å². The molecule has 1 aromatic carbocycles. The second-order valence-corrected chi connectivity index (χ2v) is 5.18. The Labute approximate surface area is 110 Å². The van der Waals surface area contributed by atoms with E-state index in [9.17, 15) is 4.79 Å². The summed E-state index contributed by atoms with van der Waals surface area (Å²) in [5.41, 5.74) is 7.83. The van der Waals surface area contributed by atoms with E-state index >= 15 is 0 Å². The van der Waals surface area contributed by atoms with Gasteiger partial charge in [0, 0.05) is 11.1 Å². The van der Waals surface area contributed by atoms with E-state index in [0.717, 1.165) is 10.6 Å². The summed E-state index contributed by atoms with van der Waals surface area (Å²) in [7, 11) is 0. The Morgan fingerprint density at radius 3 is 2.61 bits per heavy atom. The number of carbonyl (C=O) groups excluding carboxylic acids is 1. The van der Waals surface area contributed by atoms with Crippen LogP contribution in [0.1, 0.15) is 34.0 Å². The lowest BCUT2D eigenvalue weighted by Crippen LogP contribution is -2.26. The first-order valence-electron chi connectivity index (χ1n) is 5.64. The minimum Gasteiger partial charge on any atom is -0.399 e. The van der Waals surface area contributed by atoms with Crippen molar-refractivity contribution in [1.29, 1.82) is 0 Å². The van der Waals surface area contributed by atoms with Crippen LogP contribution in [0.15, 0.2) is 29.6 Å². The summed E-state index contributed by atoms with van der Waals surface area (Å²) >= 11 is 1.47. The van der Waals surface area contributed by atoms with Gasteiger partial charge in [-0.2, -0.15) is 0 Å². The van der Waals surface area contributed by atoms with Gasteiger partial charge in [-0.15, -0.1) is 11.3 Å². The Hall–Kier alpha value is -1.88. The van der Waals surface area contributed by atoms with Crippen LogP contribution >= 0.6 is 11.3 Å². The van der Waals surface area contributed by atoms with Crippen molar-refractivity contribution < 1.29 is 4.79 Å². The molecular formula is C13H15N3OS. The second-order valence-electron chi connectivity index (χ2n) is 4.11. The van der Waals surface area contributed by atoms with Gasteiger partial charge < -0.3 is 11.1 Å². The van der Waals surface area contributed by atoms with Gasteiger partial charge in [0.15, 0.2) is 0 Å². The number of nitrogens with one attached hydrogen (secondary N) is 1. The Morgan fingerprint density at radius 1 is 1.39 bits per heavy atom. The zero-order chi connectivity index (χ0) is 13.1. The topological polar surface area (TPSA) is 68.0 Å². The molecule has 0 aliphatic rings. The number of anilines is 1. The summed E-state index contributed by atoms with van der Waals surface area (Å²) in [4.78, 5) is 16.1. The highest BCUT2D eigenvalue weighted by Gasteiger charge is 2.13. The van der Waals surface area contributed by atoms with Crippen LogP contribution in [0.3, 0.4) is 0 Å². The monoisotopic (exact) mass is 261 g/mol. The van der Waals surface area contributed by atoms with Crippen molar-refractivity contribution in [2.45, 2.75) is 19.9 Å². The molecule has 0 fully saturated rings. The Kier molecular flexibility index (Phi) is 3.62. The van der Waals surface area contributed by atoms with Gasteiger partial charge >= 0.3 is 0 Å². The first-order chi connectivity index (χ1) is 8.56. The largest absolute Gasteiger partial charge is 0.399 e. The summed E-state index contributed by atoms with van der Waals surface area (Å²) in [5, 5.41) is 5.56. The first kappa shape index (κ1) is 12.6. The van der Waals surface area contributed by atoms with E-state index < -0.39 is 0 Å². The summed E-state index contributed by atoms with van der Waals surface area (Å²) in [6, 6.07) is 7.40. The molecule has 0 aliphatic heterocycles. The summed E-state index contributed by atoms with van der Waals surface area (Å²) < 4.78 is 0. The molecule has 2 rings (SSSR count). The maximum atomic E-state index is 11.9. The van der Waals surface area contributed by atoms with Crippen molar-refractivity contribution in [2.75, 3.05) is 5.73 Å². The maximum Gasteiger partial charge on any atom is 0.271 e. The number of carbonyl (C=O) groups is 1. The van der Waals surface area contributed by atoms with Crippen molar-refractivity contribution in [3.63, 3.8) is 0 Å². The van der Waals surface area contributed by atoms with E-state index in [2.05, 4.69) is 10.3 Å². The van der Waals surface area contributed by atoms with Crippen molar-refractivity contribution >= 4 is 22.9 Å². The van der Waals surface area contributed by atoms with Crippen LogP contribution in [-0.2, 0) is 0 Å². The van der Waals surface area contributed by atoms with Crippen molar-refractivity contribution in [3.05, 3.63) is 45.9 Å². The molecule has 1 amide bonds. The molecule has 0 aliphatic carbocycles. The fraction of sp³-hybridized carbons (Fsp3) is 0.231. The molecule has 2 aromatic rings. The molecule has 4 nitrogen and oxygen atoms in total. The van der Waals surface area contributed by atoms with Crippen LogP contribution in [-0.4, -0.2) is 10.9 Å². The zero-order valence-electron chi connectivity index (χ0n) is 10.3. The summed E-state index contributed by atoms with van der Waals surface area (Å²) in [6.45, 7) is 3.81. The SMILES string of the molecule is Cc1nc(C(=O)NC(C)c2ccc(N)cc2)cs1. The highest BCUT2D eigenvalue weighted by Crippen LogP contribution is 2.15. The van der Waals surface area contributed by atoms with Crippen molar-refractivity contribution in [3.8, 4) is 0 Å².